The van der Waals surface area contributed by atoms with Crippen LogP contribution in [0.5, 0.6) is 34.6 Å². The molecule has 6 heterocycles. The van der Waals surface area contributed by atoms with Gasteiger partial charge in [-0.3, -0.25) is 9.59 Å². The zero-order valence-corrected chi connectivity index (χ0v) is 46.8. The van der Waals surface area contributed by atoms with Crippen molar-refractivity contribution in [2.75, 3.05) is 82.3 Å². The van der Waals surface area contributed by atoms with Gasteiger partial charge in [0, 0.05) is 103 Å². The summed E-state index contributed by atoms with van der Waals surface area (Å²) in [5.41, 5.74) is 6.47. The number of imidazole rings is 2. The molecular formula is C56H70N8O13S. The molecule has 0 bridgehead atoms. The Kier molecular flexibility index (Phi) is 19.5. The topological polar surface area (TPSA) is 239 Å². The van der Waals surface area contributed by atoms with E-state index in [4.69, 9.17) is 42.9 Å². The van der Waals surface area contributed by atoms with E-state index in [2.05, 4.69) is 20.3 Å². The number of nitrogens with zero attached hydrogens (tertiary/aromatic N) is 7. The minimum Gasteiger partial charge on any atom is -0.497 e. The van der Waals surface area contributed by atoms with Crippen molar-refractivity contribution in [3.05, 3.63) is 91.0 Å². The molecule has 2 N–H and O–H groups in total. The Morgan fingerprint density at radius 3 is 1.76 bits per heavy atom. The third-order valence-electron chi connectivity index (χ3n) is 13.9. The lowest BCUT2D eigenvalue weighted by Crippen LogP contribution is -2.30. The number of carbonyl (C=O) groups excluding carboxylic acids is 2. The summed E-state index contributed by atoms with van der Waals surface area (Å²) in [6, 6.07) is 22.4. The molecule has 0 saturated carbocycles. The second-order valence-corrected chi connectivity index (χ2v) is 20.9. The first kappa shape index (κ1) is 58.2. The zero-order chi connectivity index (χ0) is 56.3. The Labute approximate surface area is 454 Å². The van der Waals surface area contributed by atoms with Gasteiger partial charge in [-0.1, -0.05) is 12.1 Å². The molecule has 2 fully saturated rings. The summed E-state index contributed by atoms with van der Waals surface area (Å²) in [5.74, 6) is 3.85. The summed E-state index contributed by atoms with van der Waals surface area (Å²) in [7, 11) is 11.3. The predicted octanol–water partition coefficient (Wildman–Crippen LogP) is 6.63. The van der Waals surface area contributed by atoms with Gasteiger partial charge in [-0.15, -0.1) is 0 Å². The highest BCUT2D eigenvalue weighted by molar-refractivity contribution is 7.90. The number of hydrogen-bond acceptors (Lipinski definition) is 17. The third-order valence-corrected chi connectivity index (χ3v) is 14.8. The number of pyridine rings is 2. The Hall–Kier alpha value is -7.53. The summed E-state index contributed by atoms with van der Waals surface area (Å²) >= 11 is 0. The van der Waals surface area contributed by atoms with Crippen LogP contribution >= 0.6 is 0 Å². The average Bonchev–Trinajstić information content (AvgIpc) is 4.38. The van der Waals surface area contributed by atoms with Gasteiger partial charge in [0.05, 0.1) is 82.8 Å². The molecule has 0 aliphatic carbocycles. The van der Waals surface area contributed by atoms with E-state index in [9.17, 15) is 23.1 Å². The van der Waals surface area contributed by atoms with Crippen LogP contribution in [0.3, 0.4) is 0 Å². The van der Waals surface area contributed by atoms with Crippen molar-refractivity contribution in [2.24, 2.45) is 25.9 Å². The number of rotatable bonds is 20. The maximum Gasteiger partial charge on any atom is 0.241 e. The summed E-state index contributed by atoms with van der Waals surface area (Å²) < 4.78 is 71.1. The molecule has 4 aromatic heterocycles. The van der Waals surface area contributed by atoms with Crippen LogP contribution in [0.2, 0.25) is 0 Å². The van der Waals surface area contributed by atoms with Gasteiger partial charge >= 0.3 is 0 Å². The smallest absolute Gasteiger partial charge is 0.241 e. The monoisotopic (exact) mass is 1090 g/mol. The number of likely N-dealkylation sites (tertiary alicyclic amines) is 1. The Morgan fingerprint density at radius 1 is 0.679 bits per heavy atom. The fraction of sp³-hybridized carbons (Fsp3) is 0.429. The molecule has 0 unspecified atom stereocenters. The lowest BCUT2D eigenvalue weighted by molar-refractivity contribution is -0.129. The molecular weight excluding hydrogens is 1020 g/mol. The first-order valence-corrected chi connectivity index (χ1v) is 27.2. The quantitative estimate of drug-likeness (QED) is 0.0814. The Morgan fingerprint density at radius 2 is 1.23 bits per heavy atom. The fourth-order valence-electron chi connectivity index (χ4n) is 9.49. The molecule has 2 saturated heterocycles. The number of nitrogens with one attached hydrogen (secondary N) is 1. The number of benzene rings is 3. The van der Waals surface area contributed by atoms with E-state index in [1.54, 1.807) is 98.3 Å². The number of hydrogen-bond donors (Lipinski definition) is 2. The predicted molar refractivity (Wildman–Crippen MR) is 293 cm³/mol. The molecule has 3 aromatic carbocycles. The molecule has 22 heteroatoms. The summed E-state index contributed by atoms with van der Waals surface area (Å²) in [4.78, 5) is 43.9. The van der Waals surface area contributed by atoms with Crippen molar-refractivity contribution >= 4 is 43.7 Å². The minimum absolute atomic E-state index is 0.00182. The number of aliphatic hydroxyl groups excluding tert-OH is 1. The highest BCUT2D eigenvalue weighted by atomic mass is 32.2. The Bertz CT molecular complexity index is 3290. The largest absolute Gasteiger partial charge is 0.497 e. The average molecular weight is 1100 g/mol. The SMILES string of the molecule is COCC[C@@H](O)[C@@H]1CC(=O)N([C@H](C)c2ccc(OC)cc2)C1.COCC[C@@H](Oc1nc(-c2ccc(OC)c(OC)c2)cc2ncn(C)c12)[C@H]1CNC(=O)C1.COc1ccc(-c2cc3ncn(C)c3c(S(C)(=O)=O)n2)cc1OC. The first-order chi connectivity index (χ1) is 37.4. The number of aliphatic hydroxyl groups is 1. The van der Waals surface area contributed by atoms with Crippen LogP contribution in [0.15, 0.2) is 90.5 Å². The number of sulfone groups is 1. The molecule has 9 rings (SSSR count). The normalized spacial score (nSPS) is 16.4. The highest BCUT2D eigenvalue weighted by Gasteiger charge is 2.37. The molecule has 2 aliphatic heterocycles. The molecule has 418 valence electrons. The molecule has 7 aromatic rings. The molecule has 2 aliphatic rings. The number of methoxy groups -OCH3 is 7. The van der Waals surface area contributed by atoms with Crippen molar-refractivity contribution < 1.29 is 61.0 Å². The number of amides is 2. The molecule has 21 nitrogen and oxygen atoms in total. The minimum atomic E-state index is -3.51. The van der Waals surface area contributed by atoms with Crippen molar-refractivity contribution in [1.29, 1.82) is 0 Å². The number of carbonyl (C=O) groups is 2. The molecule has 5 atom stereocenters. The number of aromatic nitrogens is 6. The van der Waals surface area contributed by atoms with E-state index in [1.807, 2.05) is 72.0 Å². The van der Waals surface area contributed by atoms with Crippen molar-refractivity contribution in [1.82, 2.24) is 39.3 Å². The zero-order valence-electron chi connectivity index (χ0n) is 46.0. The van der Waals surface area contributed by atoms with Crippen LogP contribution in [0.25, 0.3) is 44.6 Å². The van der Waals surface area contributed by atoms with Crippen LogP contribution in [-0.2, 0) is 43.0 Å². The molecule has 2 amide bonds. The van der Waals surface area contributed by atoms with Crippen LogP contribution in [0, 0.1) is 11.8 Å². The van der Waals surface area contributed by atoms with Crippen LogP contribution in [0.1, 0.15) is 44.2 Å². The second kappa shape index (κ2) is 26.2. The molecule has 0 spiro atoms. The summed E-state index contributed by atoms with van der Waals surface area (Å²) in [5, 5.41) is 13.1. The number of ether oxygens (including phenoxy) is 8. The Balaban J connectivity index is 0.000000174. The van der Waals surface area contributed by atoms with E-state index >= 15 is 0 Å². The van der Waals surface area contributed by atoms with Gasteiger partial charge in [0.25, 0.3) is 0 Å². The second-order valence-electron chi connectivity index (χ2n) is 19.0. The maximum atomic E-state index is 12.3. The van der Waals surface area contributed by atoms with E-state index in [0.717, 1.165) is 34.2 Å². The maximum absolute atomic E-state index is 12.3. The third kappa shape index (κ3) is 13.6. The lowest BCUT2D eigenvalue weighted by Gasteiger charge is -2.26. The van der Waals surface area contributed by atoms with Crippen molar-refractivity contribution in [3.8, 4) is 57.1 Å². The molecule has 78 heavy (non-hydrogen) atoms. The van der Waals surface area contributed by atoms with Crippen molar-refractivity contribution in [3.63, 3.8) is 0 Å². The van der Waals surface area contributed by atoms with Gasteiger partial charge in [0.15, 0.2) is 37.9 Å². The summed E-state index contributed by atoms with van der Waals surface area (Å²) in [6.45, 7) is 4.23. The lowest BCUT2D eigenvalue weighted by atomic mass is 9.99. The number of aryl methyl sites for hydroxylation is 2. The van der Waals surface area contributed by atoms with E-state index in [-0.39, 0.29) is 40.8 Å². The van der Waals surface area contributed by atoms with Gasteiger partial charge in [0.2, 0.25) is 17.7 Å². The van der Waals surface area contributed by atoms with Gasteiger partial charge in [0.1, 0.15) is 22.9 Å². The van der Waals surface area contributed by atoms with Crippen LogP contribution in [0.4, 0.5) is 0 Å². The van der Waals surface area contributed by atoms with E-state index in [1.165, 1.54) is 0 Å². The first-order valence-electron chi connectivity index (χ1n) is 25.3. The van der Waals surface area contributed by atoms with Gasteiger partial charge in [-0.05, 0) is 79.6 Å². The van der Waals surface area contributed by atoms with E-state index < -0.39 is 15.9 Å². The van der Waals surface area contributed by atoms with Gasteiger partial charge in [-0.2, -0.15) is 0 Å². The number of fused-ring (bicyclic) bond motifs is 2. The van der Waals surface area contributed by atoms with E-state index in [0.29, 0.717) is 109 Å². The van der Waals surface area contributed by atoms with Crippen molar-refractivity contribution in [2.45, 2.75) is 55.9 Å². The summed E-state index contributed by atoms with van der Waals surface area (Å²) in [6.07, 6.45) is 5.79. The van der Waals surface area contributed by atoms with Gasteiger partial charge < -0.3 is 62.4 Å². The fourth-order valence-corrected chi connectivity index (χ4v) is 10.4. The van der Waals surface area contributed by atoms with Gasteiger partial charge in [-0.25, -0.2) is 28.4 Å². The van der Waals surface area contributed by atoms with Crippen LogP contribution < -0.4 is 33.7 Å². The highest BCUT2D eigenvalue weighted by Crippen LogP contribution is 2.37. The standard InChI is InChI=1S/C23H28N4O5.C17H25NO4.C16H17N3O4S/c1-27-13-25-17-11-16(14-5-6-19(30-3)20(9-14)31-4)26-23(22(17)27)32-18(7-8-29-2)15-10-21(28)24-12-15;1-12(13-4-6-15(22-3)7-5-13)18-11-14(10-17(18)20)16(19)8-9-21-2;1-19-9-17-12-8-11(18-16(15(12)19)24(4,20)21)10-5-6-13(22-2)14(7-10)23-3/h5-6,9,11,13,15,18H,7-8,10,12H2,1-4H3,(H,24,28);4-7,12,14,16,19H,8-11H2,1-3H3;5-9H,1-4H3/t15-,18-;12-,14-,16-;/m11./s1. The van der Waals surface area contributed by atoms with Crippen LogP contribution in [-0.4, -0.2) is 154 Å². The molecule has 0 radical (unpaired) electrons.